The average Bonchev–Trinajstić information content (AvgIpc) is 2.50. The molecule has 0 amide bonds. The zero-order valence-corrected chi connectivity index (χ0v) is 14.8. The van der Waals surface area contributed by atoms with Crippen LogP contribution in [0.1, 0.15) is 25.1 Å². The first-order valence-electron chi connectivity index (χ1n) is 7.58. The third-order valence-corrected chi connectivity index (χ3v) is 3.88. The van der Waals surface area contributed by atoms with Gasteiger partial charge in [-0.15, -0.1) is 0 Å². The third kappa shape index (κ3) is 4.37. The summed E-state index contributed by atoms with van der Waals surface area (Å²) < 4.78 is 79.4. The molecule has 11 heteroatoms. The lowest BCUT2D eigenvalue weighted by molar-refractivity contribution is -0.140. The van der Waals surface area contributed by atoms with E-state index in [0.717, 1.165) is 10.6 Å². The molecule has 0 aliphatic heterocycles. The van der Waals surface area contributed by atoms with Gasteiger partial charge in [0.25, 0.3) is 5.56 Å². The van der Waals surface area contributed by atoms with E-state index in [0.29, 0.717) is 12.1 Å². The van der Waals surface area contributed by atoms with E-state index in [1.807, 2.05) is 0 Å². The van der Waals surface area contributed by atoms with Crippen molar-refractivity contribution in [3.8, 4) is 11.4 Å². The standard InChI is InChI=1S/C16H14ClF6N3O/c1-7(2)6-26-13(25-12(16(21,22)23)11(24)14(26)27)9-5-8(15(18,19)20)3-4-10(9)17/h3-5,7H,6,24H2,1-2H3. The predicted octanol–water partition coefficient (Wildman–Crippen LogP) is 4.84. The average molecular weight is 414 g/mol. The van der Waals surface area contributed by atoms with Gasteiger partial charge in [-0.05, 0) is 24.1 Å². The second-order valence-electron chi connectivity index (χ2n) is 6.20. The van der Waals surface area contributed by atoms with Gasteiger partial charge < -0.3 is 5.73 Å². The number of nitrogens with zero attached hydrogens (tertiary/aromatic N) is 2. The molecule has 0 spiro atoms. The minimum absolute atomic E-state index is 0.115. The number of hydrogen-bond donors (Lipinski definition) is 1. The first-order valence-corrected chi connectivity index (χ1v) is 7.96. The van der Waals surface area contributed by atoms with Gasteiger partial charge in [0.2, 0.25) is 0 Å². The van der Waals surface area contributed by atoms with Crippen LogP contribution in [-0.4, -0.2) is 9.55 Å². The van der Waals surface area contributed by atoms with Crippen LogP contribution in [0, 0.1) is 5.92 Å². The number of hydrogen-bond acceptors (Lipinski definition) is 3. The van der Waals surface area contributed by atoms with Crippen LogP contribution < -0.4 is 11.3 Å². The summed E-state index contributed by atoms with van der Waals surface area (Å²) in [5.41, 5.74) is -0.289. The van der Waals surface area contributed by atoms with E-state index in [1.54, 1.807) is 13.8 Å². The zero-order chi connectivity index (χ0) is 20.7. The Bertz CT molecular complexity index is 918. The summed E-state index contributed by atoms with van der Waals surface area (Å²) in [6.45, 7) is 3.21. The number of nitrogen functional groups attached to an aromatic ring is 1. The molecule has 0 aliphatic carbocycles. The fraction of sp³-hybridized carbons (Fsp3) is 0.375. The van der Waals surface area contributed by atoms with Crippen LogP contribution in [0.4, 0.5) is 32.0 Å². The van der Waals surface area contributed by atoms with E-state index in [4.69, 9.17) is 17.3 Å². The smallest absolute Gasteiger partial charge is 0.392 e. The van der Waals surface area contributed by atoms with Crippen molar-refractivity contribution in [3.05, 3.63) is 44.8 Å². The molecule has 2 rings (SSSR count). The second-order valence-corrected chi connectivity index (χ2v) is 6.60. The van der Waals surface area contributed by atoms with Crippen molar-refractivity contribution in [1.82, 2.24) is 9.55 Å². The van der Waals surface area contributed by atoms with E-state index in [-0.39, 0.29) is 17.5 Å². The largest absolute Gasteiger partial charge is 0.435 e. The summed E-state index contributed by atoms with van der Waals surface area (Å²) in [6.07, 6.45) is -9.83. The molecule has 0 fully saturated rings. The molecule has 1 heterocycles. The van der Waals surface area contributed by atoms with Crippen molar-refractivity contribution in [1.29, 1.82) is 0 Å². The maximum atomic E-state index is 13.2. The number of benzene rings is 1. The van der Waals surface area contributed by atoms with Gasteiger partial charge in [-0.1, -0.05) is 25.4 Å². The molecule has 1 aromatic carbocycles. The first-order chi connectivity index (χ1) is 12.2. The van der Waals surface area contributed by atoms with Crippen molar-refractivity contribution in [2.45, 2.75) is 32.7 Å². The van der Waals surface area contributed by atoms with Gasteiger partial charge in [0.15, 0.2) is 5.69 Å². The Kier molecular flexibility index (Phi) is 5.51. The molecule has 27 heavy (non-hydrogen) atoms. The molecule has 0 saturated carbocycles. The normalized spacial score (nSPS) is 12.7. The number of halogens is 7. The Morgan fingerprint density at radius 2 is 1.74 bits per heavy atom. The molecule has 0 atom stereocenters. The predicted molar refractivity (Wildman–Crippen MR) is 88.2 cm³/mol. The summed E-state index contributed by atoms with van der Waals surface area (Å²) >= 11 is 5.91. The van der Waals surface area contributed by atoms with Crippen molar-refractivity contribution in [2.75, 3.05) is 5.73 Å². The van der Waals surface area contributed by atoms with E-state index < -0.39 is 46.2 Å². The zero-order valence-electron chi connectivity index (χ0n) is 14.0. The lowest BCUT2D eigenvalue weighted by Gasteiger charge is -2.19. The minimum atomic E-state index is -5.07. The van der Waals surface area contributed by atoms with E-state index in [2.05, 4.69) is 4.98 Å². The highest BCUT2D eigenvalue weighted by Gasteiger charge is 2.38. The van der Waals surface area contributed by atoms with Gasteiger partial charge in [0.1, 0.15) is 11.5 Å². The highest BCUT2D eigenvalue weighted by Crippen LogP contribution is 2.37. The maximum Gasteiger partial charge on any atom is 0.435 e. The van der Waals surface area contributed by atoms with Gasteiger partial charge in [0.05, 0.1) is 10.6 Å². The summed E-state index contributed by atoms with van der Waals surface area (Å²) in [4.78, 5) is 15.8. The highest BCUT2D eigenvalue weighted by atomic mass is 35.5. The van der Waals surface area contributed by atoms with Crippen molar-refractivity contribution < 1.29 is 26.3 Å². The van der Waals surface area contributed by atoms with Gasteiger partial charge in [-0.25, -0.2) is 4.98 Å². The highest BCUT2D eigenvalue weighted by molar-refractivity contribution is 6.33. The summed E-state index contributed by atoms with van der Waals surface area (Å²) in [6, 6.07) is 2.12. The Morgan fingerprint density at radius 3 is 2.22 bits per heavy atom. The SMILES string of the molecule is CC(C)Cn1c(-c2cc(C(F)(F)F)ccc2Cl)nc(C(F)(F)F)c(N)c1=O. The number of aromatic nitrogens is 2. The van der Waals surface area contributed by atoms with Gasteiger partial charge in [-0.2, -0.15) is 26.3 Å². The van der Waals surface area contributed by atoms with Gasteiger partial charge >= 0.3 is 12.4 Å². The van der Waals surface area contributed by atoms with Gasteiger partial charge in [-0.3, -0.25) is 9.36 Å². The molecule has 2 aromatic rings. The van der Waals surface area contributed by atoms with E-state index in [1.165, 1.54) is 0 Å². The number of anilines is 1. The van der Waals surface area contributed by atoms with Crippen LogP contribution >= 0.6 is 11.6 Å². The molecule has 0 radical (unpaired) electrons. The van der Waals surface area contributed by atoms with Crippen LogP contribution in [0.25, 0.3) is 11.4 Å². The molecular weight excluding hydrogens is 400 g/mol. The number of alkyl halides is 6. The topological polar surface area (TPSA) is 60.9 Å². The second kappa shape index (κ2) is 7.06. The molecule has 0 saturated heterocycles. The maximum absolute atomic E-state index is 13.2. The van der Waals surface area contributed by atoms with Gasteiger partial charge in [0, 0.05) is 12.1 Å². The molecular formula is C16H14ClF6N3O. The van der Waals surface area contributed by atoms with Crippen LogP contribution in [0.15, 0.2) is 23.0 Å². The minimum Gasteiger partial charge on any atom is -0.392 e. The fourth-order valence-electron chi connectivity index (χ4n) is 2.40. The Balaban J connectivity index is 2.90. The Hall–Kier alpha value is -2.23. The Labute approximate surface area is 154 Å². The molecule has 0 aliphatic rings. The van der Waals surface area contributed by atoms with Crippen LogP contribution in [-0.2, 0) is 18.9 Å². The van der Waals surface area contributed by atoms with Crippen molar-refractivity contribution in [3.63, 3.8) is 0 Å². The summed E-state index contributed by atoms with van der Waals surface area (Å²) in [5.74, 6) is -0.865. The summed E-state index contributed by atoms with van der Waals surface area (Å²) in [5, 5.41) is -0.287. The quantitative estimate of drug-likeness (QED) is 0.732. The third-order valence-electron chi connectivity index (χ3n) is 3.55. The first kappa shape index (κ1) is 21.1. The van der Waals surface area contributed by atoms with Crippen molar-refractivity contribution in [2.24, 2.45) is 5.92 Å². The van der Waals surface area contributed by atoms with Crippen LogP contribution in [0.5, 0.6) is 0 Å². The number of nitrogens with two attached hydrogens (primary N) is 1. The molecule has 0 bridgehead atoms. The van der Waals surface area contributed by atoms with Crippen LogP contribution in [0.2, 0.25) is 5.02 Å². The van der Waals surface area contributed by atoms with Crippen molar-refractivity contribution >= 4 is 17.3 Å². The van der Waals surface area contributed by atoms with Crippen LogP contribution in [0.3, 0.4) is 0 Å². The fourth-order valence-corrected chi connectivity index (χ4v) is 2.60. The molecule has 4 nitrogen and oxygen atoms in total. The molecule has 2 N–H and O–H groups in total. The monoisotopic (exact) mass is 413 g/mol. The number of rotatable bonds is 3. The molecule has 148 valence electrons. The molecule has 0 unspecified atom stereocenters. The molecule has 1 aromatic heterocycles. The van der Waals surface area contributed by atoms with E-state index >= 15 is 0 Å². The van der Waals surface area contributed by atoms with E-state index in [9.17, 15) is 31.1 Å². The summed E-state index contributed by atoms with van der Waals surface area (Å²) in [7, 11) is 0. The lowest BCUT2D eigenvalue weighted by atomic mass is 10.1. The Morgan fingerprint density at radius 1 is 1.15 bits per heavy atom. The lowest BCUT2D eigenvalue weighted by Crippen LogP contribution is -2.31.